The zero-order valence-corrected chi connectivity index (χ0v) is 19.1. The largest absolute Gasteiger partial charge is 0.497 e. The Kier molecular flexibility index (Phi) is 8.12. The Morgan fingerprint density at radius 2 is 1.61 bits per heavy atom. The molecular weight excluding hydrogens is 426 g/mol. The number of nitrogens with one attached hydrogen (secondary N) is 2. The lowest BCUT2D eigenvalue weighted by molar-refractivity contribution is -0.132. The average Bonchev–Trinajstić information content (AvgIpc) is 2.85. The van der Waals surface area contributed by atoms with Crippen LogP contribution in [0.5, 0.6) is 17.2 Å². The van der Waals surface area contributed by atoms with Crippen molar-refractivity contribution in [3.05, 3.63) is 53.6 Å². The molecule has 1 heterocycles. The number of carbonyl (C=O) groups excluding carboxylic acids is 3. The van der Waals surface area contributed by atoms with Crippen LogP contribution >= 0.6 is 0 Å². The van der Waals surface area contributed by atoms with E-state index in [-0.39, 0.29) is 24.3 Å². The third-order valence-electron chi connectivity index (χ3n) is 5.44. The summed E-state index contributed by atoms with van der Waals surface area (Å²) in [6.45, 7) is 2.59. The molecule has 2 aromatic rings. The van der Waals surface area contributed by atoms with Gasteiger partial charge in [0.25, 0.3) is 11.8 Å². The molecule has 0 saturated carbocycles. The first-order valence-electron chi connectivity index (χ1n) is 10.7. The molecule has 0 aliphatic carbocycles. The number of carbonyl (C=O) groups is 3. The van der Waals surface area contributed by atoms with E-state index in [0.717, 1.165) is 5.56 Å². The Bertz CT molecular complexity index is 979. The van der Waals surface area contributed by atoms with Gasteiger partial charge in [0.05, 0.1) is 14.2 Å². The van der Waals surface area contributed by atoms with Crippen molar-refractivity contribution in [2.75, 3.05) is 33.9 Å². The molecule has 2 N–H and O–H groups in total. The molecule has 3 rings (SSSR count). The van der Waals surface area contributed by atoms with Crippen molar-refractivity contribution in [3.8, 4) is 17.2 Å². The number of rotatable bonds is 7. The summed E-state index contributed by atoms with van der Waals surface area (Å²) in [5, 5.41) is 0. The zero-order chi connectivity index (χ0) is 23.8. The van der Waals surface area contributed by atoms with Gasteiger partial charge in [-0.15, -0.1) is 0 Å². The molecule has 9 nitrogen and oxygen atoms in total. The molecule has 9 heteroatoms. The number of benzene rings is 2. The minimum Gasteiger partial charge on any atom is -0.497 e. The Morgan fingerprint density at radius 1 is 0.939 bits per heavy atom. The lowest BCUT2D eigenvalue weighted by atomic mass is 9.95. The maximum atomic E-state index is 12.9. The van der Waals surface area contributed by atoms with Gasteiger partial charge in [0, 0.05) is 30.6 Å². The molecule has 0 unspecified atom stereocenters. The van der Waals surface area contributed by atoms with Crippen LogP contribution < -0.4 is 25.1 Å². The van der Waals surface area contributed by atoms with Crippen molar-refractivity contribution in [1.82, 2.24) is 15.8 Å². The Morgan fingerprint density at radius 3 is 2.21 bits per heavy atom. The molecule has 3 amide bonds. The third kappa shape index (κ3) is 6.61. The number of amides is 3. The second-order valence-electron chi connectivity index (χ2n) is 7.81. The number of methoxy groups -OCH3 is 2. The second kappa shape index (κ2) is 11.2. The maximum Gasteiger partial charge on any atom is 0.276 e. The lowest BCUT2D eigenvalue weighted by Crippen LogP contribution is -2.49. The van der Waals surface area contributed by atoms with E-state index >= 15 is 0 Å². The van der Waals surface area contributed by atoms with Crippen molar-refractivity contribution in [3.63, 3.8) is 0 Å². The Labute approximate surface area is 193 Å². The number of nitrogens with zero attached hydrogens (tertiary/aromatic N) is 1. The van der Waals surface area contributed by atoms with E-state index < -0.39 is 5.91 Å². The fourth-order valence-electron chi connectivity index (χ4n) is 3.58. The third-order valence-corrected chi connectivity index (χ3v) is 5.44. The highest BCUT2D eigenvalue weighted by Crippen LogP contribution is 2.25. The molecule has 0 aromatic heterocycles. The SMILES string of the molecule is COc1cc(OC)cc(C(=O)N2CCC(C(=O)NNC(=O)COc3cccc(C)c3)CC2)c1. The van der Waals surface area contributed by atoms with Crippen LogP contribution in [0, 0.1) is 12.8 Å². The highest BCUT2D eigenvalue weighted by atomic mass is 16.5. The van der Waals surface area contributed by atoms with Gasteiger partial charge in [0.1, 0.15) is 17.2 Å². The Hall–Kier alpha value is -3.75. The quantitative estimate of drug-likeness (QED) is 0.620. The topological polar surface area (TPSA) is 106 Å². The van der Waals surface area contributed by atoms with Crippen LogP contribution in [0.15, 0.2) is 42.5 Å². The zero-order valence-electron chi connectivity index (χ0n) is 19.1. The summed E-state index contributed by atoms with van der Waals surface area (Å²) in [5.41, 5.74) is 6.32. The number of hydrogen-bond donors (Lipinski definition) is 2. The van der Waals surface area contributed by atoms with Crippen LogP contribution in [0.3, 0.4) is 0 Å². The smallest absolute Gasteiger partial charge is 0.276 e. The fourth-order valence-corrected chi connectivity index (χ4v) is 3.58. The van der Waals surface area contributed by atoms with Gasteiger partial charge < -0.3 is 19.1 Å². The van der Waals surface area contributed by atoms with Gasteiger partial charge in [0.2, 0.25) is 5.91 Å². The van der Waals surface area contributed by atoms with Crippen molar-refractivity contribution >= 4 is 17.7 Å². The molecule has 0 atom stereocenters. The number of piperidine rings is 1. The number of likely N-dealkylation sites (tertiary alicyclic amines) is 1. The number of ether oxygens (including phenoxy) is 3. The number of hydrogen-bond acceptors (Lipinski definition) is 6. The van der Waals surface area contributed by atoms with Crippen LogP contribution in [0.1, 0.15) is 28.8 Å². The highest BCUT2D eigenvalue weighted by molar-refractivity contribution is 5.95. The van der Waals surface area contributed by atoms with Crippen LogP contribution in [-0.4, -0.2) is 56.5 Å². The Balaban J connectivity index is 1.44. The molecule has 176 valence electrons. The van der Waals surface area contributed by atoms with E-state index in [9.17, 15) is 14.4 Å². The van der Waals surface area contributed by atoms with Gasteiger partial charge in [-0.2, -0.15) is 0 Å². The van der Waals surface area contributed by atoms with E-state index in [0.29, 0.717) is 48.7 Å². The first-order chi connectivity index (χ1) is 15.9. The van der Waals surface area contributed by atoms with E-state index in [1.165, 1.54) is 14.2 Å². The van der Waals surface area contributed by atoms with Crippen LogP contribution in [0.2, 0.25) is 0 Å². The molecule has 1 aliphatic rings. The molecule has 0 bridgehead atoms. The predicted molar refractivity (Wildman–Crippen MR) is 121 cm³/mol. The summed E-state index contributed by atoms with van der Waals surface area (Å²) in [4.78, 5) is 39.0. The van der Waals surface area contributed by atoms with Crippen molar-refractivity contribution in [2.45, 2.75) is 19.8 Å². The van der Waals surface area contributed by atoms with Crippen LogP contribution in [0.4, 0.5) is 0 Å². The van der Waals surface area contributed by atoms with Crippen LogP contribution in [0.25, 0.3) is 0 Å². The summed E-state index contributed by atoms with van der Waals surface area (Å²) >= 11 is 0. The predicted octanol–water partition coefficient (Wildman–Crippen LogP) is 2.09. The first-order valence-corrected chi connectivity index (χ1v) is 10.7. The molecule has 0 spiro atoms. The summed E-state index contributed by atoms with van der Waals surface area (Å²) in [5.74, 6) is 0.475. The molecule has 1 aliphatic heterocycles. The number of aryl methyl sites for hydroxylation is 1. The van der Waals surface area contributed by atoms with E-state index in [4.69, 9.17) is 14.2 Å². The standard InChI is InChI=1S/C24H29N3O6/c1-16-5-4-6-19(11-16)33-15-22(28)25-26-23(29)17-7-9-27(10-8-17)24(30)18-12-20(31-2)14-21(13-18)32-3/h4-6,11-14,17H,7-10,15H2,1-3H3,(H,25,28)(H,26,29). The molecule has 0 radical (unpaired) electrons. The minimum absolute atomic E-state index is 0.146. The van der Waals surface area contributed by atoms with E-state index in [2.05, 4.69) is 10.9 Å². The van der Waals surface area contributed by atoms with Gasteiger partial charge >= 0.3 is 0 Å². The highest BCUT2D eigenvalue weighted by Gasteiger charge is 2.28. The van der Waals surface area contributed by atoms with Crippen molar-refractivity contribution < 1.29 is 28.6 Å². The molecule has 2 aromatic carbocycles. The molecular formula is C24H29N3O6. The van der Waals surface area contributed by atoms with Crippen LogP contribution in [-0.2, 0) is 9.59 Å². The number of hydrazine groups is 1. The fraction of sp³-hybridized carbons (Fsp3) is 0.375. The molecule has 1 saturated heterocycles. The van der Waals surface area contributed by atoms with Gasteiger partial charge in [0.15, 0.2) is 6.61 Å². The van der Waals surface area contributed by atoms with E-state index in [1.807, 2.05) is 25.1 Å². The summed E-state index contributed by atoms with van der Waals surface area (Å²) in [7, 11) is 3.06. The average molecular weight is 456 g/mol. The monoisotopic (exact) mass is 455 g/mol. The second-order valence-corrected chi connectivity index (χ2v) is 7.81. The van der Waals surface area contributed by atoms with Gasteiger partial charge in [-0.3, -0.25) is 25.2 Å². The lowest BCUT2D eigenvalue weighted by Gasteiger charge is -2.31. The van der Waals surface area contributed by atoms with Gasteiger partial charge in [-0.1, -0.05) is 12.1 Å². The van der Waals surface area contributed by atoms with E-state index in [1.54, 1.807) is 29.2 Å². The first kappa shape index (κ1) is 23.9. The minimum atomic E-state index is -0.454. The maximum absolute atomic E-state index is 12.9. The molecule has 33 heavy (non-hydrogen) atoms. The van der Waals surface area contributed by atoms with Crippen molar-refractivity contribution in [2.24, 2.45) is 5.92 Å². The summed E-state index contributed by atoms with van der Waals surface area (Å²) in [6.07, 6.45) is 0.989. The molecule has 1 fully saturated rings. The van der Waals surface area contributed by atoms with Gasteiger partial charge in [-0.05, 0) is 49.6 Å². The summed E-state index contributed by atoms with van der Waals surface area (Å²) in [6, 6.07) is 12.4. The normalized spacial score (nSPS) is 13.7. The van der Waals surface area contributed by atoms with Crippen molar-refractivity contribution in [1.29, 1.82) is 0 Å². The van der Waals surface area contributed by atoms with Gasteiger partial charge in [-0.25, -0.2) is 0 Å². The summed E-state index contributed by atoms with van der Waals surface area (Å²) < 4.78 is 15.9.